The van der Waals surface area contributed by atoms with Gasteiger partial charge in [-0.1, -0.05) is 15.9 Å². The molecule has 1 aromatic heterocycles. The second-order valence-electron chi connectivity index (χ2n) is 3.32. The Morgan fingerprint density at radius 1 is 1.53 bits per heavy atom. The van der Waals surface area contributed by atoms with Gasteiger partial charge >= 0.3 is 0 Å². The number of aromatic nitrogens is 1. The molecule has 0 aliphatic carbocycles. The molecule has 0 bridgehead atoms. The van der Waals surface area contributed by atoms with Gasteiger partial charge in [0.2, 0.25) is 0 Å². The predicted molar refractivity (Wildman–Crippen MR) is 67.8 cm³/mol. The molecule has 1 heterocycles. The zero-order valence-corrected chi connectivity index (χ0v) is 11.6. The van der Waals surface area contributed by atoms with Gasteiger partial charge in [0.1, 0.15) is 0 Å². The van der Waals surface area contributed by atoms with Gasteiger partial charge in [-0.15, -0.1) is 11.3 Å². The van der Waals surface area contributed by atoms with E-state index < -0.39 is 0 Å². The number of thiazole rings is 1. The van der Waals surface area contributed by atoms with E-state index in [0.717, 1.165) is 42.3 Å². The van der Waals surface area contributed by atoms with Crippen LogP contribution in [-0.2, 0) is 11.3 Å². The molecule has 86 valence electrons. The van der Waals surface area contributed by atoms with Crippen LogP contribution in [0.5, 0.6) is 0 Å². The highest BCUT2D eigenvalue weighted by Gasteiger charge is 2.07. The van der Waals surface area contributed by atoms with Crippen molar-refractivity contribution < 1.29 is 4.74 Å². The van der Waals surface area contributed by atoms with Gasteiger partial charge in [-0.25, -0.2) is 4.98 Å². The van der Waals surface area contributed by atoms with Gasteiger partial charge in [0.25, 0.3) is 0 Å². The lowest BCUT2D eigenvalue weighted by atomic mass is 10.4. The van der Waals surface area contributed by atoms with E-state index in [1.165, 1.54) is 0 Å². The summed E-state index contributed by atoms with van der Waals surface area (Å²) in [5, 5.41) is 4.25. The van der Waals surface area contributed by atoms with Crippen LogP contribution < -0.4 is 0 Å². The summed E-state index contributed by atoms with van der Waals surface area (Å²) in [5.41, 5.74) is 1.16. The van der Waals surface area contributed by atoms with Crippen molar-refractivity contribution in [3.63, 3.8) is 0 Å². The monoisotopic (exact) mass is 292 g/mol. The van der Waals surface area contributed by atoms with Crippen molar-refractivity contribution in [3.8, 4) is 0 Å². The summed E-state index contributed by atoms with van der Waals surface area (Å²) >= 11 is 5.17. The van der Waals surface area contributed by atoms with Crippen molar-refractivity contribution >= 4 is 27.3 Å². The summed E-state index contributed by atoms with van der Waals surface area (Å²) in [7, 11) is 1.74. The van der Waals surface area contributed by atoms with Crippen LogP contribution in [0.2, 0.25) is 0 Å². The Bertz CT molecular complexity index is 280. The summed E-state index contributed by atoms with van der Waals surface area (Å²) in [5.74, 6) is 0. The van der Waals surface area contributed by atoms with Gasteiger partial charge in [0.05, 0.1) is 17.3 Å². The van der Waals surface area contributed by atoms with Crippen LogP contribution in [0.1, 0.15) is 10.7 Å². The molecule has 3 nitrogen and oxygen atoms in total. The highest BCUT2D eigenvalue weighted by Crippen LogP contribution is 2.10. The third kappa shape index (κ3) is 5.06. The average molecular weight is 293 g/mol. The molecule has 15 heavy (non-hydrogen) atoms. The fourth-order valence-electron chi connectivity index (χ4n) is 1.32. The zero-order valence-electron chi connectivity index (χ0n) is 9.20. The topological polar surface area (TPSA) is 25.4 Å². The first-order valence-corrected chi connectivity index (χ1v) is 6.94. The number of rotatable bonds is 7. The molecule has 0 aromatic carbocycles. The molecule has 0 fully saturated rings. The molecular formula is C10H17BrN2OS. The second-order valence-corrected chi connectivity index (χ2v) is 5.17. The number of alkyl halides is 1. The van der Waals surface area contributed by atoms with Crippen LogP contribution in [0.25, 0.3) is 0 Å². The van der Waals surface area contributed by atoms with Crippen LogP contribution in [0.3, 0.4) is 0 Å². The second kappa shape index (κ2) is 7.33. The Labute approximate surface area is 104 Å². The van der Waals surface area contributed by atoms with E-state index in [9.17, 15) is 0 Å². The molecule has 0 spiro atoms. The zero-order chi connectivity index (χ0) is 11.1. The van der Waals surface area contributed by atoms with E-state index in [0.29, 0.717) is 0 Å². The largest absolute Gasteiger partial charge is 0.383 e. The van der Waals surface area contributed by atoms with Crippen LogP contribution in [-0.4, -0.2) is 42.0 Å². The van der Waals surface area contributed by atoms with Crippen molar-refractivity contribution in [2.24, 2.45) is 0 Å². The molecule has 0 saturated carbocycles. The lowest BCUT2D eigenvalue weighted by Gasteiger charge is -2.19. The summed E-state index contributed by atoms with van der Waals surface area (Å²) in [4.78, 5) is 6.80. The van der Waals surface area contributed by atoms with E-state index in [1.54, 1.807) is 18.4 Å². The predicted octanol–water partition coefficient (Wildman–Crippen LogP) is 2.29. The molecule has 0 amide bonds. The third-order valence-electron chi connectivity index (χ3n) is 2.06. The van der Waals surface area contributed by atoms with Gasteiger partial charge in [0, 0.05) is 37.5 Å². The number of hydrogen-bond donors (Lipinski definition) is 0. The summed E-state index contributed by atoms with van der Waals surface area (Å²) in [6.45, 7) is 5.71. The number of methoxy groups -OCH3 is 1. The summed E-state index contributed by atoms with van der Waals surface area (Å²) in [6, 6.07) is 0. The van der Waals surface area contributed by atoms with Gasteiger partial charge < -0.3 is 4.74 Å². The van der Waals surface area contributed by atoms with E-state index in [2.05, 4.69) is 31.2 Å². The summed E-state index contributed by atoms with van der Waals surface area (Å²) < 4.78 is 5.09. The average Bonchev–Trinajstić information content (AvgIpc) is 2.61. The number of aryl methyl sites for hydroxylation is 1. The standard InChI is InChI=1S/C10H17BrN2OS/c1-9-12-10(8-15-9)7-13(4-3-11)5-6-14-2/h8H,3-7H2,1-2H3. The van der Waals surface area contributed by atoms with Crippen molar-refractivity contribution in [2.75, 3.05) is 32.1 Å². The molecule has 5 heteroatoms. The number of nitrogens with zero attached hydrogens (tertiary/aromatic N) is 2. The van der Waals surface area contributed by atoms with Crippen LogP contribution in [0.15, 0.2) is 5.38 Å². The third-order valence-corrected chi connectivity index (χ3v) is 3.24. The molecule has 0 N–H and O–H groups in total. The van der Waals surface area contributed by atoms with Gasteiger partial charge in [0.15, 0.2) is 0 Å². The fourth-order valence-corrected chi connectivity index (χ4v) is 2.43. The quantitative estimate of drug-likeness (QED) is 0.721. The summed E-state index contributed by atoms with van der Waals surface area (Å²) in [6.07, 6.45) is 0. The maximum atomic E-state index is 5.09. The van der Waals surface area contributed by atoms with Crippen molar-refractivity contribution in [3.05, 3.63) is 16.1 Å². The van der Waals surface area contributed by atoms with E-state index >= 15 is 0 Å². The van der Waals surface area contributed by atoms with Crippen molar-refractivity contribution in [2.45, 2.75) is 13.5 Å². The Hall–Kier alpha value is 0.0300. The maximum Gasteiger partial charge on any atom is 0.0897 e. The molecular weight excluding hydrogens is 276 g/mol. The Balaban J connectivity index is 2.42. The van der Waals surface area contributed by atoms with Gasteiger partial charge in [-0.2, -0.15) is 0 Å². The molecule has 0 saturated heterocycles. The normalized spacial score (nSPS) is 11.2. The smallest absolute Gasteiger partial charge is 0.0897 e. The van der Waals surface area contributed by atoms with Gasteiger partial charge in [-0.3, -0.25) is 4.90 Å². The first-order valence-electron chi connectivity index (χ1n) is 4.94. The minimum absolute atomic E-state index is 0.774. The molecule has 0 aliphatic rings. The fraction of sp³-hybridized carbons (Fsp3) is 0.700. The number of halogens is 1. The van der Waals surface area contributed by atoms with E-state index in [1.807, 2.05) is 6.92 Å². The first kappa shape index (κ1) is 13.1. The van der Waals surface area contributed by atoms with E-state index in [-0.39, 0.29) is 0 Å². The van der Waals surface area contributed by atoms with Crippen LogP contribution >= 0.6 is 27.3 Å². The number of hydrogen-bond acceptors (Lipinski definition) is 4. The Morgan fingerprint density at radius 3 is 2.87 bits per heavy atom. The molecule has 0 aliphatic heterocycles. The highest BCUT2D eigenvalue weighted by molar-refractivity contribution is 9.09. The highest BCUT2D eigenvalue weighted by atomic mass is 79.9. The van der Waals surface area contributed by atoms with Crippen molar-refractivity contribution in [1.29, 1.82) is 0 Å². The van der Waals surface area contributed by atoms with E-state index in [4.69, 9.17) is 4.74 Å². The molecule has 0 radical (unpaired) electrons. The maximum absolute atomic E-state index is 5.09. The van der Waals surface area contributed by atoms with Crippen LogP contribution in [0.4, 0.5) is 0 Å². The molecule has 0 atom stereocenters. The first-order chi connectivity index (χ1) is 7.26. The number of ether oxygens (including phenoxy) is 1. The molecule has 1 aromatic rings. The van der Waals surface area contributed by atoms with Gasteiger partial charge in [-0.05, 0) is 6.92 Å². The Morgan fingerprint density at radius 2 is 2.33 bits per heavy atom. The molecule has 1 rings (SSSR count). The molecule has 0 unspecified atom stereocenters. The van der Waals surface area contributed by atoms with Crippen molar-refractivity contribution in [1.82, 2.24) is 9.88 Å². The minimum Gasteiger partial charge on any atom is -0.383 e. The SMILES string of the molecule is COCCN(CCBr)Cc1csc(C)n1. The lowest BCUT2D eigenvalue weighted by Crippen LogP contribution is -2.29. The lowest BCUT2D eigenvalue weighted by molar-refractivity contribution is 0.147. The van der Waals surface area contributed by atoms with Crippen LogP contribution in [0, 0.1) is 6.92 Å². The Kier molecular flexibility index (Phi) is 6.40. The minimum atomic E-state index is 0.774.